The molecule has 0 N–H and O–H groups in total. The second-order valence-electron chi connectivity index (χ2n) is 3.98. The van der Waals surface area contributed by atoms with Crippen molar-refractivity contribution >= 4 is 23.4 Å². The van der Waals surface area contributed by atoms with Crippen molar-refractivity contribution in [2.24, 2.45) is 0 Å². The van der Waals surface area contributed by atoms with E-state index in [0.29, 0.717) is 17.2 Å². The number of nitrogens with zero attached hydrogens (tertiary/aromatic N) is 3. The third-order valence-corrected chi connectivity index (χ3v) is 3.28. The van der Waals surface area contributed by atoms with Crippen molar-refractivity contribution in [2.45, 2.75) is 39.2 Å². The van der Waals surface area contributed by atoms with Gasteiger partial charge in [0.15, 0.2) is 0 Å². The molecule has 0 aliphatic rings. The predicted molar refractivity (Wildman–Crippen MR) is 66.8 cm³/mol. The smallest absolute Gasteiger partial charge is 0.225 e. The molecule has 3 nitrogen and oxygen atoms in total. The lowest BCUT2D eigenvalue weighted by molar-refractivity contribution is 0.500. The molecule has 0 spiro atoms. The normalized spacial score (nSPS) is 13.5. The molecule has 0 amide bonds. The number of thioether (sulfide) groups is 1. The van der Waals surface area contributed by atoms with E-state index in [0.717, 1.165) is 18.0 Å². The third-order valence-electron chi connectivity index (χ3n) is 2.38. The molecule has 1 atom stereocenters. The van der Waals surface area contributed by atoms with Gasteiger partial charge >= 0.3 is 0 Å². The van der Waals surface area contributed by atoms with Crippen LogP contribution in [0.5, 0.6) is 0 Å². The van der Waals surface area contributed by atoms with E-state index in [1.165, 1.54) is 0 Å². The van der Waals surface area contributed by atoms with Gasteiger partial charge < -0.3 is 0 Å². The van der Waals surface area contributed by atoms with Crippen LogP contribution >= 0.6 is 23.4 Å². The molecule has 5 heteroatoms. The number of hydrogen-bond donors (Lipinski definition) is 0. The average Bonchev–Trinajstić information content (AvgIpc) is 2.56. The van der Waals surface area contributed by atoms with E-state index in [-0.39, 0.29) is 0 Å². The monoisotopic (exact) mass is 247 g/mol. The first-order chi connectivity index (χ1) is 7.07. The predicted octanol–water partition coefficient (Wildman–Crippen LogP) is 3.37. The minimum atomic E-state index is 0.363. The topological polar surface area (TPSA) is 30.7 Å². The zero-order valence-corrected chi connectivity index (χ0v) is 11.3. The van der Waals surface area contributed by atoms with Crippen LogP contribution in [0.15, 0.2) is 0 Å². The molecule has 1 heterocycles. The second kappa shape index (κ2) is 5.75. The van der Waals surface area contributed by atoms with Crippen molar-refractivity contribution in [3.8, 4) is 0 Å². The molecule has 0 radical (unpaired) electrons. The van der Waals surface area contributed by atoms with Crippen molar-refractivity contribution in [1.29, 1.82) is 0 Å². The third kappa shape index (κ3) is 3.11. The van der Waals surface area contributed by atoms with Gasteiger partial charge in [-0.05, 0) is 37.0 Å². The van der Waals surface area contributed by atoms with Crippen molar-refractivity contribution in [1.82, 2.24) is 14.8 Å². The van der Waals surface area contributed by atoms with Gasteiger partial charge in [0, 0.05) is 12.0 Å². The van der Waals surface area contributed by atoms with Crippen molar-refractivity contribution in [3.63, 3.8) is 0 Å². The van der Waals surface area contributed by atoms with Crippen LogP contribution in [0.3, 0.4) is 0 Å². The maximum atomic E-state index is 6.05. The van der Waals surface area contributed by atoms with E-state index >= 15 is 0 Å². The van der Waals surface area contributed by atoms with Crippen LogP contribution in [0.4, 0.5) is 0 Å². The zero-order chi connectivity index (χ0) is 11.4. The average molecular weight is 248 g/mol. The van der Waals surface area contributed by atoms with Crippen LogP contribution < -0.4 is 0 Å². The molecule has 0 aliphatic carbocycles. The first kappa shape index (κ1) is 12.8. The van der Waals surface area contributed by atoms with Crippen molar-refractivity contribution in [2.75, 3.05) is 12.0 Å². The Morgan fingerprint density at radius 2 is 2.00 bits per heavy atom. The van der Waals surface area contributed by atoms with E-state index in [9.17, 15) is 0 Å². The summed E-state index contributed by atoms with van der Waals surface area (Å²) in [7, 11) is 0. The van der Waals surface area contributed by atoms with Gasteiger partial charge in [-0.1, -0.05) is 13.8 Å². The molecule has 1 unspecified atom stereocenters. The molecule has 0 saturated carbocycles. The summed E-state index contributed by atoms with van der Waals surface area (Å²) in [5, 5.41) is 8.56. The quantitative estimate of drug-likeness (QED) is 0.799. The van der Waals surface area contributed by atoms with Crippen LogP contribution in [-0.2, 0) is 0 Å². The second-order valence-corrected chi connectivity index (χ2v) is 5.31. The first-order valence-electron chi connectivity index (χ1n) is 5.17. The lowest BCUT2D eigenvalue weighted by atomic mass is 10.2. The summed E-state index contributed by atoms with van der Waals surface area (Å²) in [4.78, 5) is 0. The van der Waals surface area contributed by atoms with E-state index in [1.807, 2.05) is 16.3 Å². The standard InChI is InChI=1S/C10H18ClN3S/c1-7(2)9-12-13-10(11)14(9)8(3)5-6-15-4/h7-8H,5-6H2,1-4H3. The lowest BCUT2D eigenvalue weighted by Gasteiger charge is -2.17. The van der Waals surface area contributed by atoms with E-state index < -0.39 is 0 Å². The van der Waals surface area contributed by atoms with Crippen LogP contribution in [-0.4, -0.2) is 26.8 Å². The highest BCUT2D eigenvalue weighted by Crippen LogP contribution is 2.24. The fourth-order valence-electron chi connectivity index (χ4n) is 1.50. The van der Waals surface area contributed by atoms with Gasteiger partial charge in [0.25, 0.3) is 0 Å². The molecule has 1 aromatic rings. The largest absolute Gasteiger partial charge is 0.299 e. The van der Waals surface area contributed by atoms with Crippen molar-refractivity contribution in [3.05, 3.63) is 11.1 Å². The molecule has 15 heavy (non-hydrogen) atoms. The summed E-state index contributed by atoms with van der Waals surface area (Å²) in [6.07, 6.45) is 3.21. The summed E-state index contributed by atoms with van der Waals surface area (Å²) in [5.41, 5.74) is 0. The SMILES string of the molecule is CSCCC(C)n1c(Cl)nnc1C(C)C. The number of halogens is 1. The van der Waals surface area contributed by atoms with Crippen LogP contribution in [0.25, 0.3) is 0 Å². The molecule has 0 fully saturated rings. The van der Waals surface area contributed by atoms with Gasteiger partial charge in [0.05, 0.1) is 0 Å². The van der Waals surface area contributed by atoms with Gasteiger partial charge in [-0.25, -0.2) is 0 Å². The highest BCUT2D eigenvalue weighted by atomic mass is 35.5. The van der Waals surface area contributed by atoms with Gasteiger partial charge in [0.2, 0.25) is 5.28 Å². The fourth-order valence-corrected chi connectivity index (χ4v) is 2.37. The Kier molecular flexibility index (Phi) is 4.93. The highest BCUT2D eigenvalue weighted by Gasteiger charge is 2.17. The van der Waals surface area contributed by atoms with E-state index in [4.69, 9.17) is 11.6 Å². The molecule has 0 saturated heterocycles. The Hall–Kier alpha value is -0.220. The summed E-state index contributed by atoms with van der Waals surface area (Å²) < 4.78 is 2.04. The molecule has 0 aromatic carbocycles. The summed E-state index contributed by atoms with van der Waals surface area (Å²) in [5.74, 6) is 2.48. The fraction of sp³-hybridized carbons (Fsp3) is 0.800. The molecule has 0 bridgehead atoms. The minimum Gasteiger partial charge on any atom is -0.299 e. The number of rotatable bonds is 5. The van der Waals surface area contributed by atoms with Gasteiger partial charge in [-0.2, -0.15) is 11.8 Å². The Balaban J connectivity index is 2.85. The molecule has 1 aromatic heterocycles. The van der Waals surface area contributed by atoms with E-state index in [2.05, 4.69) is 37.2 Å². The Bertz CT molecular complexity index is 312. The van der Waals surface area contributed by atoms with Gasteiger partial charge in [0.1, 0.15) is 5.82 Å². The maximum absolute atomic E-state index is 6.05. The first-order valence-corrected chi connectivity index (χ1v) is 6.94. The van der Waals surface area contributed by atoms with Crippen LogP contribution in [0, 0.1) is 0 Å². The molecule has 1 rings (SSSR count). The van der Waals surface area contributed by atoms with Gasteiger partial charge in [-0.15, -0.1) is 10.2 Å². The molecule has 0 aliphatic heterocycles. The van der Waals surface area contributed by atoms with Crippen molar-refractivity contribution < 1.29 is 0 Å². The van der Waals surface area contributed by atoms with Crippen LogP contribution in [0.2, 0.25) is 5.28 Å². The number of aromatic nitrogens is 3. The Labute approximate surface area is 101 Å². The molecule has 86 valence electrons. The highest BCUT2D eigenvalue weighted by molar-refractivity contribution is 7.98. The van der Waals surface area contributed by atoms with E-state index in [1.54, 1.807) is 0 Å². The molecular formula is C10H18ClN3S. The zero-order valence-electron chi connectivity index (χ0n) is 9.70. The molecular weight excluding hydrogens is 230 g/mol. The van der Waals surface area contributed by atoms with Gasteiger partial charge in [-0.3, -0.25) is 4.57 Å². The Morgan fingerprint density at radius 1 is 1.33 bits per heavy atom. The summed E-state index contributed by atoms with van der Waals surface area (Å²) in [6, 6.07) is 0.373. The summed E-state index contributed by atoms with van der Waals surface area (Å²) in [6.45, 7) is 6.38. The number of hydrogen-bond acceptors (Lipinski definition) is 3. The maximum Gasteiger partial charge on any atom is 0.225 e. The van der Waals surface area contributed by atoms with Crippen LogP contribution in [0.1, 0.15) is 45.0 Å². The minimum absolute atomic E-state index is 0.363. The summed E-state index contributed by atoms with van der Waals surface area (Å²) >= 11 is 7.90. The lowest BCUT2D eigenvalue weighted by Crippen LogP contribution is -2.11. The Morgan fingerprint density at radius 3 is 2.53 bits per heavy atom.